The summed E-state index contributed by atoms with van der Waals surface area (Å²) in [4.78, 5) is 0. The molecule has 0 amide bonds. The molecule has 1 heteroatoms. The minimum absolute atomic E-state index is 0.456. The largest absolute Gasteiger partial charge is 0.307 e. The van der Waals surface area contributed by atoms with E-state index in [1.54, 1.807) is 0 Å². The van der Waals surface area contributed by atoms with E-state index in [9.17, 15) is 0 Å². The molecule has 1 N–H and O–H groups in total. The fraction of sp³-hybridized carbons (Fsp3) is 0.667. The van der Waals surface area contributed by atoms with Crippen LogP contribution >= 0.6 is 0 Å². The van der Waals surface area contributed by atoms with Gasteiger partial charge in [-0.1, -0.05) is 57.5 Å². The van der Waals surface area contributed by atoms with Crippen molar-refractivity contribution in [2.24, 2.45) is 17.8 Å². The maximum Gasteiger partial charge on any atom is 0.0294 e. The van der Waals surface area contributed by atoms with Gasteiger partial charge in [-0.3, -0.25) is 0 Å². The minimum Gasteiger partial charge on any atom is -0.307 e. The second kappa shape index (κ2) is 6.56. The van der Waals surface area contributed by atoms with E-state index in [-0.39, 0.29) is 0 Å². The van der Waals surface area contributed by atoms with E-state index in [1.807, 2.05) is 0 Å². The highest BCUT2D eigenvalue weighted by Gasteiger charge is 2.31. The van der Waals surface area contributed by atoms with Crippen LogP contribution in [0.1, 0.15) is 58.6 Å². The molecule has 1 nitrogen and oxygen atoms in total. The maximum atomic E-state index is 3.90. The summed E-state index contributed by atoms with van der Waals surface area (Å²) in [6.45, 7) is 9.45. The van der Waals surface area contributed by atoms with Crippen LogP contribution < -0.4 is 5.32 Å². The molecule has 1 aromatic rings. The molecule has 0 radical (unpaired) electrons. The summed E-state index contributed by atoms with van der Waals surface area (Å²) in [5.74, 6) is 2.49. The summed E-state index contributed by atoms with van der Waals surface area (Å²) in [7, 11) is 0. The van der Waals surface area contributed by atoms with E-state index in [0.717, 1.165) is 17.8 Å². The molecule has 0 saturated heterocycles. The van der Waals surface area contributed by atoms with Gasteiger partial charge in [0.1, 0.15) is 0 Å². The van der Waals surface area contributed by atoms with Gasteiger partial charge in [0.05, 0.1) is 0 Å². The van der Waals surface area contributed by atoms with Crippen LogP contribution in [0.25, 0.3) is 0 Å². The van der Waals surface area contributed by atoms with E-state index < -0.39 is 0 Å². The van der Waals surface area contributed by atoms with Gasteiger partial charge in [-0.25, -0.2) is 0 Å². The third-order valence-corrected chi connectivity index (χ3v) is 4.79. The normalized spacial score (nSPS) is 29.4. The van der Waals surface area contributed by atoms with Crippen LogP contribution in [0, 0.1) is 17.8 Å². The molecule has 0 bridgehead atoms. The Morgan fingerprint density at radius 1 is 1.05 bits per heavy atom. The van der Waals surface area contributed by atoms with Crippen molar-refractivity contribution in [3.05, 3.63) is 35.9 Å². The second-order valence-corrected chi connectivity index (χ2v) is 6.73. The molecular weight excluding hydrogens is 230 g/mol. The van der Waals surface area contributed by atoms with Crippen molar-refractivity contribution in [1.82, 2.24) is 5.32 Å². The second-order valence-electron chi connectivity index (χ2n) is 6.73. The van der Waals surface area contributed by atoms with Gasteiger partial charge in [0.25, 0.3) is 0 Å². The van der Waals surface area contributed by atoms with Gasteiger partial charge in [0.2, 0.25) is 0 Å². The molecule has 19 heavy (non-hydrogen) atoms. The molecule has 4 atom stereocenters. The highest BCUT2D eigenvalue weighted by molar-refractivity contribution is 5.18. The van der Waals surface area contributed by atoms with E-state index >= 15 is 0 Å². The monoisotopic (exact) mass is 259 g/mol. The van der Waals surface area contributed by atoms with E-state index in [1.165, 1.54) is 24.8 Å². The fourth-order valence-corrected chi connectivity index (χ4v) is 3.55. The van der Waals surface area contributed by atoms with Gasteiger partial charge in [0, 0.05) is 12.1 Å². The van der Waals surface area contributed by atoms with Crippen LogP contribution in [0.2, 0.25) is 0 Å². The summed E-state index contributed by atoms with van der Waals surface area (Å²) in [6.07, 6.45) is 4.12. The zero-order valence-electron chi connectivity index (χ0n) is 12.9. The standard InChI is InChI=1S/C18H29N/c1-13(2)17-11-10-14(3)12-18(17)19-15(4)16-8-6-5-7-9-16/h5-9,13-15,17-19H,10-12H2,1-4H3/t14?,15-,17?,18?/m1/s1. The summed E-state index contributed by atoms with van der Waals surface area (Å²) < 4.78 is 0. The molecular formula is C18H29N. The number of hydrogen-bond acceptors (Lipinski definition) is 1. The first-order chi connectivity index (χ1) is 9.08. The first-order valence-electron chi connectivity index (χ1n) is 7.89. The molecule has 1 saturated carbocycles. The van der Waals surface area contributed by atoms with Crippen molar-refractivity contribution >= 4 is 0 Å². The summed E-state index contributed by atoms with van der Waals surface area (Å²) in [6, 6.07) is 12.0. The topological polar surface area (TPSA) is 12.0 Å². The first kappa shape index (κ1) is 14.6. The van der Waals surface area contributed by atoms with Crippen molar-refractivity contribution in [1.29, 1.82) is 0 Å². The number of hydrogen-bond donors (Lipinski definition) is 1. The highest BCUT2D eigenvalue weighted by atomic mass is 15.0. The zero-order chi connectivity index (χ0) is 13.8. The van der Waals surface area contributed by atoms with Crippen molar-refractivity contribution in [3.8, 4) is 0 Å². The van der Waals surface area contributed by atoms with Crippen LogP contribution in [0.15, 0.2) is 30.3 Å². The first-order valence-corrected chi connectivity index (χ1v) is 7.89. The SMILES string of the molecule is CC1CCC(C(C)C)C(N[C@H](C)c2ccccc2)C1. The Morgan fingerprint density at radius 3 is 2.37 bits per heavy atom. The summed E-state index contributed by atoms with van der Waals surface area (Å²) >= 11 is 0. The molecule has 0 aliphatic heterocycles. The molecule has 106 valence electrons. The van der Waals surface area contributed by atoms with Gasteiger partial charge >= 0.3 is 0 Å². The predicted molar refractivity (Wildman–Crippen MR) is 83.1 cm³/mol. The van der Waals surface area contributed by atoms with Crippen LogP contribution in [0.4, 0.5) is 0 Å². The average molecular weight is 259 g/mol. The third-order valence-electron chi connectivity index (χ3n) is 4.79. The molecule has 0 spiro atoms. The lowest BCUT2D eigenvalue weighted by Crippen LogP contribution is -2.43. The van der Waals surface area contributed by atoms with Crippen LogP contribution in [-0.4, -0.2) is 6.04 Å². The Labute approximate surface area is 118 Å². The number of rotatable bonds is 4. The Hall–Kier alpha value is -0.820. The summed E-state index contributed by atoms with van der Waals surface area (Å²) in [5, 5.41) is 3.90. The van der Waals surface area contributed by atoms with Gasteiger partial charge in [-0.05, 0) is 43.1 Å². The lowest BCUT2D eigenvalue weighted by Gasteiger charge is -2.39. The van der Waals surface area contributed by atoms with E-state index in [2.05, 4.69) is 63.3 Å². The summed E-state index contributed by atoms with van der Waals surface area (Å²) in [5.41, 5.74) is 1.41. The molecule has 2 rings (SSSR count). The smallest absolute Gasteiger partial charge is 0.0294 e. The lowest BCUT2D eigenvalue weighted by molar-refractivity contribution is 0.161. The van der Waals surface area contributed by atoms with Crippen LogP contribution in [0.3, 0.4) is 0 Å². The number of nitrogens with one attached hydrogen (secondary N) is 1. The average Bonchev–Trinajstić information content (AvgIpc) is 2.39. The van der Waals surface area contributed by atoms with Crippen molar-refractivity contribution in [2.75, 3.05) is 0 Å². The molecule has 1 aliphatic rings. The van der Waals surface area contributed by atoms with Gasteiger partial charge in [-0.2, -0.15) is 0 Å². The molecule has 0 heterocycles. The minimum atomic E-state index is 0.456. The molecule has 0 aromatic heterocycles. The van der Waals surface area contributed by atoms with Crippen molar-refractivity contribution in [2.45, 2.75) is 59.0 Å². The quantitative estimate of drug-likeness (QED) is 0.819. The van der Waals surface area contributed by atoms with E-state index in [0.29, 0.717) is 12.1 Å². The van der Waals surface area contributed by atoms with Gasteiger partial charge < -0.3 is 5.32 Å². The molecule has 1 fully saturated rings. The maximum absolute atomic E-state index is 3.90. The Balaban J connectivity index is 2.02. The molecule has 1 aliphatic carbocycles. The Kier molecular flexibility index (Phi) is 5.04. The molecule has 1 aromatic carbocycles. The van der Waals surface area contributed by atoms with Gasteiger partial charge in [-0.15, -0.1) is 0 Å². The van der Waals surface area contributed by atoms with Crippen LogP contribution in [-0.2, 0) is 0 Å². The van der Waals surface area contributed by atoms with E-state index in [4.69, 9.17) is 0 Å². The van der Waals surface area contributed by atoms with Crippen molar-refractivity contribution in [3.63, 3.8) is 0 Å². The predicted octanol–water partition coefficient (Wildman–Crippen LogP) is 4.80. The third kappa shape index (κ3) is 3.82. The molecule has 3 unspecified atom stereocenters. The Bertz CT molecular complexity index is 371. The lowest BCUT2D eigenvalue weighted by atomic mass is 9.73. The fourth-order valence-electron chi connectivity index (χ4n) is 3.55. The highest BCUT2D eigenvalue weighted by Crippen LogP contribution is 2.34. The van der Waals surface area contributed by atoms with Crippen molar-refractivity contribution < 1.29 is 0 Å². The zero-order valence-corrected chi connectivity index (χ0v) is 12.9. The number of benzene rings is 1. The van der Waals surface area contributed by atoms with Crippen LogP contribution in [0.5, 0.6) is 0 Å². The Morgan fingerprint density at radius 2 is 1.74 bits per heavy atom. The van der Waals surface area contributed by atoms with Gasteiger partial charge in [0.15, 0.2) is 0 Å².